The Hall–Kier alpha value is -3.98. The Kier molecular flexibility index (Phi) is 5.73. The molecule has 0 atom stereocenters. The zero-order valence-electron chi connectivity index (χ0n) is 18.3. The van der Waals surface area contributed by atoms with Crippen molar-refractivity contribution in [2.24, 2.45) is 0 Å². The number of anilines is 2. The van der Waals surface area contributed by atoms with E-state index in [0.29, 0.717) is 11.3 Å². The van der Waals surface area contributed by atoms with Gasteiger partial charge in [0.2, 0.25) is 0 Å². The molecule has 0 unspecified atom stereocenters. The molecule has 3 aromatic carbocycles. The van der Waals surface area contributed by atoms with Crippen LogP contribution < -0.4 is 14.8 Å². The van der Waals surface area contributed by atoms with E-state index in [0.717, 1.165) is 22.2 Å². The zero-order valence-corrected chi connectivity index (χ0v) is 19.1. The minimum absolute atomic E-state index is 0.0232. The molecule has 4 rings (SSSR count). The normalized spacial score (nSPS) is 11.4. The van der Waals surface area contributed by atoms with Gasteiger partial charge in [-0.25, -0.2) is 8.42 Å². The lowest BCUT2D eigenvalue weighted by molar-refractivity contribution is 0.102. The van der Waals surface area contributed by atoms with Gasteiger partial charge in [-0.2, -0.15) is 0 Å². The van der Waals surface area contributed by atoms with Crippen LogP contribution in [0.4, 0.5) is 11.4 Å². The Morgan fingerprint density at radius 2 is 1.76 bits per heavy atom. The second-order valence-electron chi connectivity index (χ2n) is 7.57. The van der Waals surface area contributed by atoms with Crippen LogP contribution in [-0.2, 0) is 10.0 Å². The fraction of sp³-hybridized carbons (Fsp3) is 0.125. The molecule has 4 aromatic rings. The van der Waals surface area contributed by atoms with Gasteiger partial charge < -0.3 is 20.1 Å². The van der Waals surface area contributed by atoms with Crippen molar-refractivity contribution in [2.75, 3.05) is 17.1 Å². The van der Waals surface area contributed by atoms with Crippen molar-refractivity contribution in [3.8, 4) is 11.5 Å². The number of hydrogen-bond acceptors (Lipinski definition) is 5. The molecule has 4 N–H and O–H groups in total. The Morgan fingerprint density at radius 3 is 2.52 bits per heavy atom. The number of aromatic hydroxyl groups is 1. The lowest BCUT2D eigenvalue weighted by atomic mass is 10.1. The number of methoxy groups -OCH3 is 1. The van der Waals surface area contributed by atoms with E-state index in [4.69, 9.17) is 4.74 Å². The highest BCUT2D eigenvalue weighted by molar-refractivity contribution is 7.92. The minimum atomic E-state index is -4.01. The molecule has 0 bridgehead atoms. The highest BCUT2D eigenvalue weighted by Gasteiger charge is 2.19. The standard InChI is InChI=1S/C24H23N3O5S/c1-14-15(2)25-19-10-8-16(12-18(14)19)24(29)26-21-13-17(9-11-22(21)28)33(30,31)27-20-6-4-5-7-23(20)32-3/h4-13,25,27-28H,1-3H3,(H,26,29). The van der Waals surface area contributed by atoms with Gasteiger partial charge in [0.25, 0.3) is 15.9 Å². The van der Waals surface area contributed by atoms with Crippen LogP contribution in [0.15, 0.2) is 65.6 Å². The van der Waals surface area contributed by atoms with Crippen molar-refractivity contribution in [1.82, 2.24) is 4.98 Å². The fourth-order valence-corrected chi connectivity index (χ4v) is 4.61. The quantitative estimate of drug-likeness (QED) is 0.311. The summed E-state index contributed by atoms with van der Waals surface area (Å²) in [5, 5.41) is 13.8. The number of ether oxygens (including phenoxy) is 1. The smallest absolute Gasteiger partial charge is 0.262 e. The summed E-state index contributed by atoms with van der Waals surface area (Å²) in [4.78, 5) is 16.0. The number of fused-ring (bicyclic) bond motifs is 1. The molecule has 0 aliphatic heterocycles. The first-order valence-corrected chi connectivity index (χ1v) is 11.6. The highest BCUT2D eigenvalue weighted by Crippen LogP contribution is 2.31. The second-order valence-corrected chi connectivity index (χ2v) is 9.26. The molecule has 0 radical (unpaired) electrons. The summed E-state index contributed by atoms with van der Waals surface area (Å²) in [5.41, 5.74) is 3.59. The SMILES string of the molecule is COc1ccccc1NS(=O)(=O)c1ccc(O)c(NC(=O)c2ccc3[nH]c(C)c(C)c3c2)c1. The summed E-state index contributed by atoms with van der Waals surface area (Å²) in [6, 6.07) is 15.5. The Morgan fingerprint density at radius 1 is 1.00 bits per heavy atom. The third kappa shape index (κ3) is 4.35. The topological polar surface area (TPSA) is 121 Å². The predicted octanol–water partition coefficient (Wildman–Crippen LogP) is 4.55. The highest BCUT2D eigenvalue weighted by atomic mass is 32.2. The van der Waals surface area contributed by atoms with Crippen molar-refractivity contribution < 1.29 is 23.1 Å². The molecule has 0 saturated carbocycles. The number of carbonyl (C=O) groups excluding carboxylic acids is 1. The second kappa shape index (κ2) is 8.51. The predicted molar refractivity (Wildman–Crippen MR) is 128 cm³/mol. The van der Waals surface area contributed by atoms with Crippen molar-refractivity contribution in [3.63, 3.8) is 0 Å². The number of H-pyrrole nitrogens is 1. The van der Waals surface area contributed by atoms with E-state index in [1.165, 1.54) is 25.3 Å². The number of carbonyl (C=O) groups is 1. The number of nitrogens with one attached hydrogen (secondary N) is 3. The van der Waals surface area contributed by atoms with Gasteiger partial charge in [0.05, 0.1) is 23.4 Å². The minimum Gasteiger partial charge on any atom is -0.506 e. The molecule has 0 fully saturated rings. The first kappa shape index (κ1) is 22.2. The van der Waals surface area contributed by atoms with Crippen molar-refractivity contribution in [1.29, 1.82) is 0 Å². The lowest BCUT2D eigenvalue weighted by Crippen LogP contribution is -2.15. The Balaban J connectivity index is 1.62. The van der Waals surface area contributed by atoms with Gasteiger partial charge in [-0.3, -0.25) is 9.52 Å². The number of para-hydroxylation sites is 2. The molecule has 0 spiro atoms. The van der Waals surface area contributed by atoms with Crippen molar-refractivity contribution >= 4 is 38.2 Å². The van der Waals surface area contributed by atoms with Crippen LogP contribution in [0.5, 0.6) is 11.5 Å². The average Bonchev–Trinajstić information content (AvgIpc) is 3.08. The summed E-state index contributed by atoms with van der Waals surface area (Å²) in [5.74, 6) is -0.369. The van der Waals surface area contributed by atoms with E-state index in [1.54, 1.807) is 36.4 Å². The number of aromatic amines is 1. The number of rotatable bonds is 6. The van der Waals surface area contributed by atoms with Crippen LogP contribution in [0, 0.1) is 13.8 Å². The third-order valence-electron chi connectivity index (χ3n) is 5.45. The number of aromatic nitrogens is 1. The molecular formula is C24H23N3O5S. The van der Waals surface area contributed by atoms with E-state index >= 15 is 0 Å². The van der Waals surface area contributed by atoms with Gasteiger partial charge in [-0.15, -0.1) is 0 Å². The van der Waals surface area contributed by atoms with Crippen LogP contribution in [0.3, 0.4) is 0 Å². The number of hydrogen-bond donors (Lipinski definition) is 4. The average molecular weight is 466 g/mol. The summed E-state index contributed by atoms with van der Waals surface area (Å²) in [6.45, 7) is 3.92. The lowest BCUT2D eigenvalue weighted by Gasteiger charge is -2.13. The van der Waals surface area contributed by atoms with Gasteiger partial charge in [0, 0.05) is 22.2 Å². The summed E-state index contributed by atoms with van der Waals surface area (Å²) >= 11 is 0. The Labute approximate surface area is 191 Å². The number of sulfonamides is 1. The molecule has 33 heavy (non-hydrogen) atoms. The molecule has 0 aliphatic rings. The number of aryl methyl sites for hydroxylation is 2. The van der Waals surface area contributed by atoms with Gasteiger partial charge in [0.1, 0.15) is 11.5 Å². The van der Waals surface area contributed by atoms with E-state index in [9.17, 15) is 18.3 Å². The monoisotopic (exact) mass is 465 g/mol. The maximum Gasteiger partial charge on any atom is 0.262 e. The molecule has 1 aromatic heterocycles. The largest absolute Gasteiger partial charge is 0.506 e. The molecule has 0 saturated heterocycles. The number of phenols is 1. The summed E-state index contributed by atoms with van der Waals surface area (Å²) < 4.78 is 33.5. The van der Waals surface area contributed by atoms with Crippen LogP contribution in [-0.4, -0.2) is 31.5 Å². The van der Waals surface area contributed by atoms with Crippen LogP contribution in [0.2, 0.25) is 0 Å². The van der Waals surface area contributed by atoms with E-state index in [2.05, 4.69) is 15.0 Å². The van der Waals surface area contributed by atoms with Crippen molar-refractivity contribution in [3.05, 3.63) is 77.5 Å². The van der Waals surface area contributed by atoms with Crippen LogP contribution in [0.1, 0.15) is 21.6 Å². The van der Waals surface area contributed by atoms with Crippen LogP contribution in [0.25, 0.3) is 10.9 Å². The third-order valence-corrected chi connectivity index (χ3v) is 6.81. The van der Waals surface area contributed by atoms with E-state index < -0.39 is 15.9 Å². The van der Waals surface area contributed by atoms with Gasteiger partial charge in [-0.05, 0) is 67.9 Å². The van der Waals surface area contributed by atoms with Crippen LogP contribution >= 0.6 is 0 Å². The molecule has 1 amide bonds. The summed E-state index contributed by atoms with van der Waals surface area (Å²) in [6.07, 6.45) is 0. The molecule has 1 heterocycles. The number of amides is 1. The van der Waals surface area contributed by atoms with Gasteiger partial charge in [0.15, 0.2) is 0 Å². The molecular weight excluding hydrogens is 442 g/mol. The van der Waals surface area contributed by atoms with Gasteiger partial charge >= 0.3 is 0 Å². The maximum atomic E-state index is 12.9. The fourth-order valence-electron chi connectivity index (χ4n) is 3.51. The number of phenolic OH excluding ortho intramolecular Hbond substituents is 1. The van der Waals surface area contributed by atoms with Crippen molar-refractivity contribution in [2.45, 2.75) is 18.7 Å². The zero-order chi connectivity index (χ0) is 23.8. The molecule has 0 aliphatic carbocycles. The molecule has 170 valence electrons. The van der Waals surface area contributed by atoms with E-state index in [1.807, 2.05) is 19.9 Å². The van der Waals surface area contributed by atoms with Gasteiger partial charge in [-0.1, -0.05) is 12.1 Å². The summed E-state index contributed by atoms with van der Waals surface area (Å²) in [7, 11) is -2.57. The maximum absolute atomic E-state index is 12.9. The molecule has 9 heteroatoms. The first-order valence-electron chi connectivity index (χ1n) is 10.1. The number of benzene rings is 3. The molecule has 8 nitrogen and oxygen atoms in total. The first-order chi connectivity index (χ1) is 15.7. The Bertz CT molecular complexity index is 1470. The van der Waals surface area contributed by atoms with E-state index in [-0.39, 0.29) is 22.0 Å².